The number of rotatable bonds is 2. The van der Waals surface area contributed by atoms with Crippen molar-refractivity contribution in [3.63, 3.8) is 0 Å². The Bertz CT molecular complexity index is 358. The van der Waals surface area contributed by atoms with Gasteiger partial charge in [-0.25, -0.2) is 4.39 Å². The van der Waals surface area contributed by atoms with Crippen molar-refractivity contribution in [3.8, 4) is 0 Å². The number of alkyl halides is 1. The Morgan fingerprint density at radius 3 is 3.07 bits per heavy atom. The third kappa shape index (κ3) is 2.35. The molecule has 1 saturated heterocycles. The predicted octanol–water partition coefficient (Wildman–Crippen LogP) is 3.90. The highest BCUT2D eigenvalue weighted by Crippen LogP contribution is 2.37. The van der Waals surface area contributed by atoms with Crippen molar-refractivity contribution in [2.75, 3.05) is 12.5 Å². The van der Waals surface area contributed by atoms with Gasteiger partial charge in [0.05, 0.1) is 6.10 Å². The molecule has 2 rings (SSSR count). The van der Waals surface area contributed by atoms with Crippen LogP contribution in [0.15, 0.2) is 22.7 Å². The second kappa shape index (κ2) is 4.81. The molecular formula is C11H11BrClFO. The van der Waals surface area contributed by atoms with E-state index in [9.17, 15) is 4.39 Å². The number of hydrogen-bond donors (Lipinski definition) is 0. The topological polar surface area (TPSA) is 9.23 Å². The van der Waals surface area contributed by atoms with Crippen LogP contribution in [0.1, 0.15) is 18.1 Å². The molecule has 0 aliphatic carbocycles. The van der Waals surface area contributed by atoms with Gasteiger partial charge in [0.25, 0.3) is 0 Å². The van der Waals surface area contributed by atoms with Gasteiger partial charge in [-0.2, -0.15) is 0 Å². The third-order valence-electron chi connectivity index (χ3n) is 2.68. The van der Waals surface area contributed by atoms with E-state index in [1.54, 1.807) is 12.1 Å². The lowest BCUT2D eigenvalue weighted by atomic mass is 9.97. The summed E-state index contributed by atoms with van der Waals surface area (Å²) in [4.78, 5) is 0. The SMILES string of the molecule is Fc1ccc(Br)cc1C1OCCC1CCl. The van der Waals surface area contributed by atoms with Gasteiger partial charge in [-0.05, 0) is 24.6 Å². The standard InChI is InChI=1S/C11H11BrClFO/c12-8-1-2-10(14)9(5-8)11-7(6-13)3-4-15-11/h1-2,5,7,11H,3-4,6H2. The number of halogens is 3. The van der Waals surface area contributed by atoms with Crippen LogP contribution in [0.25, 0.3) is 0 Å². The Balaban J connectivity index is 2.31. The monoisotopic (exact) mass is 292 g/mol. The number of benzene rings is 1. The highest BCUT2D eigenvalue weighted by atomic mass is 79.9. The summed E-state index contributed by atoms with van der Waals surface area (Å²) in [5.74, 6) is 0.507. The van der Waals surface area contributed by atoms with Gasteiger partial charge in [0.2, 0.25) is 0 Å². The fraction of sp³-hybridized carbons (Fsp3) is 0.455. The first-order chi connectivity index (χ1) is 7.22. The molecule has 0 spiro atoms. The Kier molecular flexibility index (Phi) is 3.65. The molecule has 1 aliphatic rings. The van der Waals surface area contributed by atoms with Gasteiger partial charge in [0.15, 0.2) is 0 Å². The van der Waals surface area contributed by atoms with Crippen molar-refractivity contribution in [2.45, 2.75) is 12.5 Å². The minimum Gasteiger partial charge on any atom is -0.373 e. The summed E-state index contributed by atoms with van der Waals surface area (Å²) in [6, 6.07) is 4.90. The van der Waals surface area contributed by atoms with E-state index in [1.165, 1.54) is 6.07 Å². The summed E-state index contributed by atoms with van der Waals surface area (Å²) in [6.07, 6.45) is 0.708. The van der Waals surface area contributed by atoms with Crippen LogP contribution in [0.3, 0.4) is 0 Å². The van der Waals surface area contributed by atoms with Crippen molar-refractivity contribution < 1.29 is 9.13 Å². The molecule has 1 nitrogen and oxygen atoms in total. The predicted molar refractivity (Wildman–Crippen MR) is 61.6 cm³/mol. The van der Waals surface area contributed by atoms with Gasteiger partial charge in [0, 0.05) is 28.4 Å². The molecule has 1 aromatic carbocycles. The summed E-state index contributed by atoms with van der Waals surface area (Å²) in [7, 11) is 0. The molecule has 15 heavy (non-hydrogen) atoms. The molecule has 1 aromatic rings. The summed E-state index contributed by atoms with van der Waals surface area (Å²) in [6.45, 7) is 0.661. The van der Waals surface area contributed by atoms with Gasteiger partial charge in [-0.15, -0.1) is 11.6 Å². The lowest BCUT2D eigenvalue weighted by Gasteiger charge is -2.17. The first-order valence-corrected chi connectivity index (χ1v) is 6.17. The fourth-order valence-electron chi connectivity index (χ4n) is 1.87. The quantitative estimate of drug-likeness (QED) is 0.751. The van der Waals surface area contributed by atoms with Crippen LogP contribution < -0.4 is 0 Å². The fourth-order valence-corrected chi connectivity index (χ4v) is 2.56. The Hall–Kier alpha value is -0.120. The maximum Gasteiger partial charge on any atom is 0.129 e. The largest absolute Gasteiger partial charge is 0.373 e. The first-order valence-electron chi connectivity index (χ1n) is 4.85. The van der Waals surface area contributed by atoms with Crippen LogP contribution in [0.5, 0.6) is 0 Å². The van der Waals surface area contributed by atoms with Gasteiger partial charge in [-0.1, -0.05) is 15.9 Å². The molecular weight excluding hydrogens is 282 g/mol. The van der Waals surface area contributed by atoms with E-state index in [-0.39, 0.29) is 17.8 Å². The zero-order valence-corrected chi connectivity index (χ0v) is 10.4. The van der Waals surface area contributed by atoms with Crippen molar-refractivity contribution in [2.24, 2.45) is 5.92 Å². The van der Waals surface area contributed by atoms with E-state index < -0.39 is 0 Å². The minimum atomic E-state index is -0.222. The van der Waals surface area contributed by atoms with E-state index in [0.29, 0.717) is 18.1 Å². The maximum atomic E-state index is 13.6. The smallest absolute Gasteiger partial charge is 0.129 e. The van der Waals surface area contributed by atoms with Crippen molar-refractivity contribution in [1.29, 1.82) is 0 Å². The normalized spacial score (nSPS) is 25.8. The van der Waals surface area contributed by atoms with Crippen molar-refractivity contribution in [1.82, 2.24) is 0 Å². The van der Waals surface area contributed by atoms with Crippen molar-refractivity contribution >= 4 is 27.5 Å². The second-order valence-electron chi connectivity index (χ2n) is 3.66. The average Bonchev–Trinajstić information content (AvgIpc) is 2.69. The highest BCUT2D eigenvalue weighted by molar-refractivity contribution is 9.10. The summed E-state index contributed by atoms with van der Waals surface area (Å²) in [5.41, 5.74) is 0.604. The molecule has 82 valence electrons. The van der Waals surface area contributed by atoms with Gasteiger partial charge < -0.3 is 4.74 Å². The van der Waals surface area contributed by atoms with E-state index >= 15 is 0 Å². The molecule has 0 radical (unpaired) electrons. The summed E-state index contributed by atoms with van der Waals surface area (Å²) < 4.78 is 20.0. The average molecular weight is 294 g/mol. The number of hydrogen-bond acceptors (Lipinski definition) is 1. The van der Waals surface area contributed by atoms with Crippen molar-refractivity contribution in [3.05, 3.63) is 34.1 Å². The Labute approximate surface area is 102 Å². The maximum absolute atomic E-state index is 13.6. The van der Waals surface area contributed by atoms with Crippen LogP contribution in [-0.2, 0) is 4.74 Å². The summed E-state index contributed by atoms with van der Waals surface area (Å²) in [5, 5.41) is 0. The van der Waals surface area contributed by atoms with Crippen LogP contribution in [0.4, 0.5) is 4.39 Å². The second-order valence-corrected chi connectivity index (χ2v) is 4.88. The Morgan fingerprint density at radius 1 is 1.53 bits per heavy atom. The molecule has 0 N–H and O–H groups in total. The molecule has 1 fully saturated rings. The molecule has 0 aromatic heterocycles. The van der Waals surface area contributed by atoms with Gasteiger partial charge in [-0.3, -0.25) is 0 Å². The van der Waals surface area contributed by atoms with E-state index in [1.807, 2.05) is 0 Å². The molecule has 1 heterocycles. The highest BCUT2D eigenvalue weighted by Gasteiger charge is 2.30. The molecule has 2 unspecified atom stereocenters. The van der Waals surface area contributed by atoms with E-state index in [2.05, 4.69) is 15.9 Å². The molecule has 2 atom stereocenters. The van der Waals surface area contributed by atoms with Crippen LogP contribution in [0.2, 0.25) is 0 Å². The van der Waals surface area contributed by atoms with E-state index in [0.717, 1.165) is 10.9 Å². The molecule has 0 bridgehead atoms. The molecule has 1 aliphatic heterocycles. The molecule has 4 heteroatoms. The molecule has 0 amide bonds. The third-order valence-corrected chi connectivity index (χ3v) is 3.57. The van der Waals surface area contributed by atoms with Crippen LogP contribution in [-0.4, -0.2) is 12.5 Å². The molecule has 0 saturated carbocycles. The zero-order chi connectivity index (χ0) is 10.8. The van der Waals surface area contributed by atoms with E-state index in [4.69, 9.17) is 16.3 Å². The lowest BCUT2D eigenvalue weighted by molar-refractivity contribution is 0.0920. The lowest BCUT2D eigenvalue weighted by Crippen LogP contribution is -2.10. The zero-order valence-electron chi connectivity index (χ0n) is 8.05. The van der Waals surface area contributed by atoms with Crippen LogP contribution in [0, 0.1) is 11.7 Å². The van der Waals surface area contributed by atoms with Gasteiger partial charge in [0.1, 0.15) is 5.82 Å². The summed E-state index contributed by atoms with van der Waals surface area (Å²) >= 11 is 9.16. The minimum absolute atomic E-state index is 0.194. The van der Waals surface area contributed by atoms with Gasteiger partial charge >= 0.3 is 0 Å². The Morgan fingerprint density at radius 2 is 2.33 bits per heavy atom. The number of ether oxygens (including phenoxy) is 1. The first kappa shape index (κ1) is 11.4. The van der Waals surface area contributed by atoms with Crippen LogP contribution >= 0.6 is 27.5 Å².